The maximum atomic E-state index is 7.02. The van der Waals surface area contributed by atoms with Crippen LogP contribution in [0.5, 0.6) is 0 Å². The third-order valence-corrected chi connectivity index (χ3v) is 9.86. The van der Waals surface area contributed by atoms with Crippen molar-refractivity contribution in [2.45, 2.75) is 6.04 Å². The Balaban J connectivity index is 1.47. The van der Waals surface area contributed by atoms with Gasteiger partial charge in [0, 0.05) is 23.0 Å². The first-order valence-corrected chi connectivity index (χ1v) is 17.0. The molecule has 0 bridgehead atoms. The summed E-state index contributed by atoms with van der Waals surface area (Å²) in [4.78, 5) is 1.71. The zero-order valence-corrected chi connectivity index (χ0v) is 29.3. The number of hydrogen-bond acceptors (Lipinski definition) is 2. The summed E-state index contributed by atoms with van der Waals surface area (Å²) in [5, 5.41) is 1.67. The van der Waals surface area contributed by atoms with E-state index in [1.165, 1.54) is 0 Å². The number of hydrogen-bond donors (Lipinski definition) is 0. The third-order valence-electron chi connectivity index (χ3n) is 9.86. The molecule has 230 valence electrons. The van der Waals surface area contributed by atoms with Crippen LogP contribution in [0.15, 0.2) is 140 Å². The second-order valence-corrected chi connectivity index (χ2v) is 13.0. The lowest BCUT2D eigenvalue weighted by Gasteiger charge is -2.40. The van der Waals surface area contributed by atoms with Crippen molar-refractivity contribution < 1.29 is 4.42 Å². The lowest BCUT2D eigenvalue weighted by atomic mass is 9.63. The second kappa shape index (κ2) is 14.9. The molecule has 0 saturated heterocycles. The summed E-state index contributed by atoms with van der Waals surface area (Å²) in [5.74, 6) is 2.48. The highest BCUT2D eigenvalue weighted by Crippen LogP contribution is 2.40. The van der Waals surface area contributed by atoms with Crippen molar-refractivity contribution in [3.05, 3.63) is 147 Å². The normalized spacial score (nSPS) is 15.4. The van der Waals surface area contributed by atoms with Crippen LogP contribution in [-0.4, -0.2) is 91.0 Å². The molecule has 0 spiro atoms. The number of anilines is 1. The monoisotopic (exact) mass is 665 g/mol. The summed E-state index contributed by atoms with van der Waals surface area (Å²) in [7, 11) is 68.5. The van der Waals surface area contributed by atoms with Gasteiger partial charge in [-0.2, -0.15) is 0 Å². The lowest BCUT2D eigenvalue weighted by Crippen LogP contribution is -2.52. The maximum Gasteiger partial charge on any atom is 0.136 e. The van der Waals surface area contributed by atoms with Crippen LogP contribution in [0.25, 0.3) is 44.2 Å². The number of benzene rings is 5. The van der Waals surface area contributed by atoms with Gasteiger partial charge >= 0.3 is 0 Å². The van der Waals surface area contributed by atoms with E-state index >= 15 is 0 Å². The standard InChI is InChI=1S/C42H21B10NO/c1-2-25(43)29(21-12-5-3-6-13-21)33(45)26(44)20-53(41-37(49)30(34(46)38(41)50)22-14-7-4-8-15-22)42-39(51)35(47)32(36(48)40(42)52)24-17-11-19-28-31(24)23-16-9-10-18-27(23)54-28/h1,3-19,41H,20H2/b29-25+,33-26-. The Morgan fingerprint density at radius 1 is 0.667 bits per heavy atom. The molecule has 2 nitrogen and oxygen atoms in total. The molecule has 54 heavy (non-hydrogen) atoms. The molecule has 1 atom stereocenters. The summed E-state index contributed by atoms with van der Waals surface area (Å²) >= 11 is 0. The maximum absolute atomic E-state index is 7.02. The predicted molar refractivity (Wildman–Crippen MR) is 236 cm³/mol. The van der Waals surface area contributed by atoms with Gasteiger partial charge in [0.05, 0.1) is 6.04 Å². The Morgan fingerprint density at radius 2 is 1.26 bits per heavy atom. The van der Waals surface area contributed by atoms with E-state index in [4.69, 9.17) is 89.3 Å². The Labute approximate surface area is 330 Å². The smallest absolute Gasteiger partial charge is 0.136 e. The first-order chi connectivity index (χ1) is 26.0. The zero-order chi connectivity index (χ0) is 38.4. The van der Waals surface area contributed by atoms with Gasteiger partial charge in [-0.3, -0.25) is 0 Å². The molecule has 20 radical (unpaired) electrons. The summed E-state index contributed by atoms with van der Waals surface area (Å²) in [6, 6.07) is 30.9. The van der Waals surface area contributed by atoms with Gasteiger partial charge in [0.1, 0.15) is 89.6 Å². The van der Waals surface area contributed by atoms with Crippen LogP contribution in [-0.2, 0) is 0 Å². The fourth-order valence-electron chi connectivity index (χ4n) is 7.27. The van der Waals surface area contributed by atoms with Crippen LogP contribution in [0.2, 0.25) is 0 Å². The van der Waals surface area contributed by atoms with Crippen LogP contribution in [0, 0.1) is 12.3 Å². The van der Waals surface area contributed by atoms with Gasteiger partial charge in [0.2, 0.25) is 0 Å². The van der Waals surface area contributed by atoms with Crippen molar-refractivity contribution in [3.63, 3.8) is 0 Å². The molecule has 0 aliphatic heterocycles. The van der Waals surface area contributed by atoms with E-state index < -0.39 is 6.04 Å². The summed E-state index contributed by atoms with van der Waals surface area (Å²) < 4.78 is 6.15. The second-order valence-electron chi connectivity index (χ2n) is 13.0. The van der Waals surface area contributed by atoms with Crippen LogP contribution < -0.4 is 26.8 Å². The quantitative estimate of drug-likeness (QED) is 0.142. The van der Waals surface area contributed by atoms with E-state index in [0.717, 1.165) is 16.3 Å². The molecule has 0 amide bonds. The van der Waals surface area contributed by atoms with E-state index in [1.54, 1.807) is 4.90 Å². The van der Waals surface area contributed by atoms with Crippen LogP contribution >= 0.6 is 0 Å². The SMILES string of the molecule is [B]C1=C([B])C(N(C/C([B])=C([B])\C(=C(\[B])C#C)c2ccccc2)c2c([B])c([B])c(-c3cccc4oc5ccccc5c34)c([B])c2[B])C([B])=C1c1ccccc1. The number of para-hydroxylation sites is 1. The zero-order valence-electron chi connectivity index (χ0n) is 29.3. The molecule has 1 aliphatic carbocycles. The summed E-state index contributed by atoms with van der Waals surface area (Å²) in [6.07, 6.45) is 5.77. The molecule has 1 unspecified atom stereocenters. The highest BCUT2D eigenvalue weighted by molar-refractivity contribution is 6.63. The molecule has 6 aromatic rings. The van der Waals surface area contributed by atoms with E-state index in [1.807, 2.05) is 103 Å². The third kappa shape index (κ3) is 6.22. The van der Waals surface area contributed by atoms with Crippen molar-refractivity contribution in [2.75, 3.05) is 11.4 Å². The van der Waals surface area contributed by atoms with Gasteiger partial charge in [-0.25, -0.2) is 0 Å². The van der Waals surface area contributed by atoms with Gasteiger partial charge in [0.15, 0.2) is 0 Å². The van der Waals surface area contributed by atoms with Crippen LogP contribution in [0.1, 0.15) is 11.1 Å². The van der Waals surface area contributed by atoms with Crippen molar-refractivity contribution >= 4 is 139 Å². The number of allylic oxidation sites excluding steroid dienone is 5. The Kier molecular flexibility index (Phi) is 10.3. The number of rotatable bonds is 8. The van der Waals surface area contributed by atoms with Crippen molar-refractivity contribution in [1.82, 2.24) is 0 Å². The predicted octanol–water partition coefficient (Wildman–Crippen LogP) is 2.51. The molecule has 1 heterocycles. The lowest BCUT2D eigenvalue weighted by molar-refractivity contribution is 0.669. The summed E-state index contributed by atoms with van der Waals surface area (Å²) in [6.45, 7) is -0.143. The minimum absolute atomic E-state index is 0.0845. The topological polar surface area (TPSA) is 16.4 Å². The Morgan fingerprint density at radius 3 is 1.91 bits per heavy atom. The van der Waals surface area contributed by atoms with E-state index in [-0.39, 0.29) is 61.4 Å². The number of terminal acetylenes is 1. The molecule has 7 rings (SSSR count). The van der Waals surface area contributed by atoms with Crippen molar-refractivity contribution in [1.29, 1.82) is 0 Å². The molecule has 12 heteroatoms. The highest BCUT2D eigenvalue weighted by Gasteiger charge is 2.33. The molecule has 0 fully saturated rings. The van der Waals surface area contributed by atoms with Crippen LogP contribution in [0.3, 0.4) is 0 Å². The van der Waals surface area contributed by atoms with Crippen molar-refractivity contribution in [2.24, 2.45) is 0 Å². The molecule has 5 aromatic carbocycles. The number of nitrogens with zero attached hydrogens (tertiary/aromatic N) is 1. The largest absolute Gasteiger partial charge is 0.456 e. The van der Waals surface area contributed by atoms with Gasteiger partial charge in [0.25, 0.3) is 0 Å². The minimum atomic E-state index is -0.920. The van der Waals surface area contributed by atoms with E-state index in [0.29, 0.717) is 44.5 Å². The Hall–Kier alpha value is -5.13. The Bertz CT molecular complexity index is 2620. The molecular formula is C42H21B10NO. The first-order valence-electron chi connectivity index (χ1n) is 17.0. The molecule has 1 aromatic heterocycles. The fourth-order valence-corrected chi connectivity index (χ4v) is 7.27. The molecule has 1 aliphatic rings. The molecule has 0 N–H and O–H groups in total. The highest BCUT2D eigenvalue weighted by atomic mass is 16.3. The average Bonchev–Trinajstić information content (AvgIpc) is 3.67. The molecule has 0 saturated carbocycles. The van der Waals surface area contributed by atoms with E-state index in [9.17, 15) is 0 Å². The number of fused-ring (bicyclic) bond motifs is 3. The minimum Gasteiger partial charge on any atom is -0.456 e. The van der Waals surface area contributed by atoms with Gasteiger partial charge in [-0.1, -0.05) is 141 Å². The average molecular weight is 664 g/mol. The number of furan rings is 1. The van der Waals surface area contributed by atoms with Gasteiger partial charge < -0.3 is 9.32 Å². The summed E-state index contributed by atoms with van der Waals surface area (Å²) in [5.41, 5.74) is 6.73. The molecular weight excluding hydrogens is 643 g/mol. The fraction of sp³-hybridized carbons (Fsp3) is 0.0476. The van der Waals surface area contributed by atoms with Crippen molar-refractivity contribution in [3.8, 4) is 23.5 Å². The van der Waals surface area contributed by atoms with E-state index in [2.05, 4.69) is 5.92 Å². The first kappa shape index (κ1) is 37.2. The van der Waals surface area contributed by atoms with Gasteiger partial charge in [-0.15, -0.1) is 11.9 Å². The van der Waals surface area contributed by atoms with Crippen LogP contribution in [0.4, 0.5) is 5.69 Å². The van der Waals surface area contributed by atoms with Gasteiger partial charge in [-0.05, 0) is 51.0 Å².